The minimum Gasteiger partial charge on any atom is -0.324 e. The average Bonchev–Trinajstić information content (AvgIpc) is 2.82. The van der Waals surface area contributed by atoms with Crippen LogP contribution in [0.3, 0.4) is 0 Å². The van der Waals surface area contributed by atoms with Crippen molar-refractivity contribution in [3.05, 3.63) is 24.3 Å². The third-order valence-electron chi connectivity index (χ3n) is 3.34. The van der Waals surface area contributed by atoms with E-state index in [1.54, 1.807) is 0 Å². The molecular formula is C13H16N4O. The lowest BCUT2D eigenvalue weighted by atomic mass is 9.97. The Balaban J connectivity index is 1.73. The molecule has 2 aromatic rings. The first-order valence-corrected chi connectivity index (χ1v) is 6.29. The summed E-state index contributed by atoms with van der Waals surface area (Å²) >= 11 is 0. The summed E-state index contributed by atoms with van der Waals surface area (Å²) in [6.45, 7) is 1.83. The van der Waals surface area contributed by atoms with Crippen LogP contribution in [0.4, 0.5) is 5.95 Å². The smallest absolute Gasteiger partial charge is 0.229 e. The van der Waals surface area contributed by atoms with Gasteiger partial charge in [0.1, 0.15) is 0 Å². The van der Waals surface area contributed by atoms with E-state index in [9.17, 15) is 4.79 Å². The molecule has 5 heteroatoms. The minimum absolute atomic E-state index is 0.0653. The Hall–Kier alpha value is -1.88. The van der Waals surface area contributed by atoms with E-state index in [4.69, 9.17) is 0 Å². The molecule has 1 fully saturated rings. The number of carbonyl (C=O) groups excluding carboxylic acids is 1. The maximum absolute atomic E-state index is 12.0. The number of piperidine rings is 1. The van der Waals surface area contributed by atoms with Crippen molar-refractivity contribution in [3.63, 3.8) is 0 Å². The average molecular weight is 244 g/mol. The Kier molecular flexibility index (Phi) is 2.98. The summed E-state index contributed by atoms with van der Waals surface area (Å²) in [5.74, 6) is 0.703. The third kappa shape index (κ3) is 2.22. The second-order valence-corrected chi connectivity index (χ2v) is 4.62. The van der Waals surface area contributed by atoms with Crippen LogP contribution in [0.15, 0.2) is 24.3 Å². The number of aromatic nitrogens is 2. The van der Waals surface area contributed by atoms with Gasteiger partial charge in [0.15, 0.2) is 0 Å². The van der Waals surface area contributed by atoms with E-state index >= 15 is 0 Å². The number of H-pyrrole nitrogens is 1. The van der Waals surface area contributed by atoms with Gasteiger partial charge in [-0.1, -0.05) is 12.1 Å². The molecule has 3 rings (SSSR count). The van der Waals surface area contributed by atoms with Crippen molar-refractivity contribution in [2.45, 2.75) is 12.8 Å². The van der Waals surface area contributed by atoms with Gasteiger partial charge in [0, 0.05) is 5.92 Å². The molecule has 0 saturated carbocycles. The number of hydrogen-bond acceptors (Lipinski definition) is 3. The molecule has 0 unspecified atom stereocenters. The first-order chi connectivity index (χ1) is 8.83. The van der Waals surface area contributed by atoms with Gasteiger partial charge in [-0.3, -0.25) is 10.1 Å². The third-order valence-corrected chi connectivity index (χ3v) is 3.34. The van der Waals surface area contributed by atoms with Gasteiger partial charge in [-0.2, -0.15) is 0 Å². The zero-order chi connectivity index (χ0) is 12.4. The second kappa shape index (κ2) is 4.78. The molecule has 1 aliphatic heterocycles. The Morgan fingerprint density at radius 3 is 2.83 bits per heavy atom. The summed E-state index contributed by atoms with van der Waals surface area (Å²) in [5, 5.41) is 6.12. The fourth-order valence-electron chi connectivity index (χ4n) is 2.31. The Morgan fingerprint density at radius 1 is 1.28 bits per heavy atom. The van der Waals surface area contributed by atoms with Crippen molar-refractivity contribution in [2.24, 2.45) is 5.92 Å². The van der Waals surface area contributed by atoms with Gasteiger partial charge in [0.25, 0.3) is 0 Å². The van der Waals surface area contributed by atoms with Crippen LogP contribution in [0.1, 0.15) is 12.8 Å². The van der Waals surface area contributed by atoms with Crippen molar-refractivity contribution in [1.29, 1.82) is 0 Å². The zero-order valence-corrected chi connectivity index (χ0v) is 10.1. The van der Waals surface area contributed by atoms with Crippen LogP contribution in [0.2, 0.25) is 0 Å². The van der Waals surface area contributed by atoms with Crippen molar-refractivity contribution >= 4 is 22.9 Å². The number of rotatable bonds is 2. The summed E-state index contributed by atoms with van der Waals surface area (Å²) < 4.78 is 0. The van der Waals surface area contributed by atoms with Crippen molar-refractivity contribution < 1.29 is 4.79 Å². The van der Waals surface area contributed by atoms with E-state index in [2.05, 4.69) is 20.6 Å². The summed E-state index contributed by atoms with van der Waals surface area (Å²) in [6.07, 6.45) is 1.79. The van der Waals surface area contributed by atoms with Crippen LogP contribution in [0.25, 0.3) is 11.0 Å². The normalized spacial score (nSPS) is 16.9. The van der Waals surface area contributed by atoms with E-state index in [-0.39, 0.29) is 11.8 Å². The summed E-state index contributed by atoms with van der Waals surface area (Å²) in [7, 11) is 0. The number of aromatic amines is 1. The molecular weight excluding hydrogens is 228 g/mol. The number of nitrogens with zero attached hydrogens (tertiary/aromatic N) is 1. The number of fused-ring (bicyclic) bond motifs is 1. The molecule has 1 amide bonds. The maximum atomic E-state index is 12.0. The SMILES string of the molecule is O=C(Nc1nc2ccccc2[nH]1)C1CCNCC1. The van der Waals surface area contributed by atoms with Crippen LogP contribution in [0.5, 0.6) is 0 Å². The molecule has 0 atom stereocenters. The number of nitrogens with one attached hydrogen (secondary N) is 3. The summed E-state index contributed by atoms with van der Waals surface area (Å²) in [6, 6.07) is 7.75. The van der Waals surface area contributed by atoms with Crippen LogP contribution in [-0.4, -0.2) is 29.0 Å². The molecule has 94 valence electrons. The first kappa shape index (κ1) is 11.2. The Bertz CT molecular complexity index is 524. The minimum atomic E-state index is 0.0653. The molecule has 3 N–H and O–H groups in total. The number of carbonyl (C=O) groups is 1. The van der Waals surface area contributed by atoms with Gasteiger partial charge in [-0.25, -0.2) is 4.98 Å². The van der Waals surface area contributed by atoms with Crippen molar-refractivity contribution in [2.75, 3.05) is 18.4 Å². The molecule has 1 aliphatic rings. The largest absolute Gasteiger partial charge is 0.324 e. The zero-order valence-electron chi connectivity index (χ0n) is 10.1. The van der Waals surface area contributed by atoms with E-state index < -0.39 is 0 Å². The van der Waals surface area contributed by atoms with Crippen LogP contribution in [-0.2, 0) is 4.79 Å². The van der Waals surface area contributed by atoms with Crippen LogP contribution < -0.4 is 10.6 Å². The molecule has 2 heterocycles. The molecule has 0 bridgehead atoms. The molecule has 1 aromatic heterocycles. The van der Waals surface area contributed by atoms with Gasteiger partial charge in [-0.15, -0.1) is 0 Å². The highest BCUT2D eigenvalue weighted by atomic mass is 16.2. The van der Waals surface area contributed by atoms with E-state index in [1.165, 1.54) is 0 Å². The summed E-state index contributed by atoms with van der Waals surface area (Å²) in [4.78, 5) is 19.5. The number of hydrogen-bond donors (Lipinski definition) is 3. The second-order valence-electron chi connectivity index (χ2n) is 4.62. The number of imidazole rings is 1. The van der Waals surface area contributed by atoms with Gasteiger partial charge in [0.05, 0.1) is 11.0 Å². The van der Waals surface area contributed by atoms with Gasteiger partial charge >= 0.3 is 0 Å². The highest BCUT2D eigenvalue weighted by molar-refractivity contribution is 5.92. The predicted octanol–water partition coefficient (Wildman–Crippen LogP) is 1.50. The molecule has 0 spiro atoms. The number of benzene rings is 1. The van der Waals surface area contributed by atoms with Gasteiger partial charge in [0.2, 0.25) is 11.9 Å². The lowest BCUT2D eigenvalue weighted by Gasteiger charge is -2.20. The molecule has 1 saturated heterocycles. The molecule has 5 nitrogen and oxygen atoms in total. The monoisotopic (exact) mass is 244 g/mol. The molecule has 0 aliphatic carbocycles. The number of anilines is 1. The van der Waals surface area contributed by atoms with Crippen molar-refractivity contribution in [3.8, 4) is 0 Å². The van der Waals surface area contributed by atoms with Crippen LogP contribution in [0, 0.1) is 5.92 Å². The Morgan fingerprint density at radius 2 is 2.06 bits per heavy atom. The van der Waals surface area contributed by atoms with Crippen LogP contribution >= 0.6 is 0 Å². The van der Waals surface area contributed by atoms with E-state index in [1.807, 2.05) is 24.3 Å². The van der Waals surface area contributed by atoms with Gasteiger partial charge < -0.3 is 10.3 Å². The van der Waals surface area contributed by atoms with Gasteiger partial charge in [-0.05, 0) is 38.1 Å². The predicted molar refractivity (Wildman–Crippen MR) is 70.3 cm³/mol. The molecule has 18 heavy (non-hydrogen) atoms. The number of para-hydroxylation sites is 2. The number of amides is 1. The lowest BCUT2D eigenvalue weighted by Crippen LogP contribution is -2.34. The summed E-state index contributed by atoms with van der Waals surface area (Å²) in [5.41, 5.74) is 1.82. The van der Waals surface area contributed by atoms with E-state index in [0.29, 0.717) is 5.95 Å². The molecule has 1 aromatic carbocycles. The Labute approximate surface area is 105 Å². The van der Waals surface area contributed by atoms with Crippen molar-refractivity contribution in [1.82, 2.24) is 15.3 Å². The fraction of sp³-hybridized carbons (Fsp3) is 0.385. The topological polar surface area (TPSA) is 69.8 Å². The highest BCUT2D eigenvalue weighted by Gasteiger charge is 2.21. The quantitative estimate of drug-likeness (QED) is 0.749. The van der Waals surface area contributed by atoms with E-state index in [0.717, 1.165) is 37.0 Å². The standard InChI is InChI=1S/C13H16N4O/c18-12(9-5-7-14-8-6-9)17-13-15-10-3-1-2-4-11(10)16-13/h1-4,9,14H,5-8H2,(H2,15,16,17,18). The molecule has 0 radical (unpaired) electrons. The first-order valence-electron chi connectivity index (χ1n) is 6.29. The highest BCUT2D eigenvalue weighted by Crippen LogP contribution is 2.16. The fourth-order valence-corrected chi connectivity index (χ4v) is 2.31. The maximum Gasteiger partial charge on any atom is 0.229 e. The lowest BCUT2D eigenvalue weighted by molar-refractivity contribution is -0.120.